The van der Waals surface area contributed by atoms with Gasteiger partial charge in [0.1, 0.15) is 11.4 Å². The summed E-state index contributed by atoms with van der Waals surface area (Å²) in [7, 11) is 3.53. The first-order chi connectivity index (χ1) is 14.5. The van der Waals surface area contributed by atoms with Gasteiger partial charge in [-0.15, -0.1) is 0 Å². The number of aryl methyl sites for hydroxylation is 1. The average molecular weight is 430 g/mol. The molecule has 1 aromatic heterocycles. The van der Waals surface area contributed by atoms with Crippen molar-refractivity contribution >= 4 is 11.6 Å². The van der Waals surface area contributed by atoms with Gasteiger partial charge >= 0.3 is 0 Å². The van der Waals surface area contributed by atoms with Gasteiger partial charge in [0.2, 0.25) is 5.88 Å². The Balaban J connectivity index is 2.03. The molecular formula is C23H28ClN3O3. The van der Waals surface area contributed by atoms with Gasteiger partial charge in [-0.3, -0.25) is 4.90 Å². The zero-order valence-electron chi connectivity index (χ0n) is 17.6. The number of methoxy groups -OCH3 is 1. The normalized spacial score (nSPS) is 12.3. The number of rotatable bonds is 10. The zero-order valence-corrected chi connectivity index (χ0v) is 18.3. The highest BCUT2D eigenvalue weighted by Gasteiger charge is 2.23. The van der Waals surface area contributed by atoms with Crippen LogP contribution in [0.1, 0.15) is 12.5 Å². The largest absolute Gasteiger partial charge is 0.437 e. The quantitative estimate of drug-likeness (QED) is 0.518. The Kier molecular flexibility index (Phi) is 7.87. The summed E-state index contributed by atoms with van der Waals surface area (Å²) in [4.78, 5) is 2.14. The number of ether oxygens (including phenoxy) is 2. The molecule has 3 rings (SSSR count). The van der Waals surface area contributed by atoms with Crippen LogP contribution in [0.4, 0.5) is 0 Å². The van der Waals surface area contributed by atoms with Crippen molar-refractivity contribution in [3.63, 3.8) is 0 Å². The lowest BCUT2D eigenvalue weighted by molar-refractivity contribution is 0.0936. The summed E-state index contributed by atoms with van der Waals surface area (Å²) in [6.07, 6.45) is -0.466. The van der Waals surface area contributed by atoms with Crippen molar-refractivity contribution in [1.29, 1.82) is 0 Å². The van der Waals surface area contributed by atoms with E-state index in [0.29, 0.717) is 42.9 Å². The fourth-order valence-electron chi connectivity index (χ4n) is 3.33. The zero-order chi connectivity index (χ0) is 21.5. The minimum atomic E-state index is -0.466. The van der Waals surface area contributed by atoms with Crippen LogP contribution in [0.15, 0.2) is 54.6 Å². The molecule has 3 aromatic rings. The number of hydrogen-bond donors (Lipinski definition) is 1. The summed E-state index contributed by atoms with van der Waals surface area (Å²) < 4.78 is 13.2. The van der Waals surface area contributed by atoms with E-state index in [1.807, 2.05) is 55.6 Å². The van der Waals surface area contributed by atoms with E-state index in [-0.39, 0.29) is 0 Å². The van der Waals surface area contributed by atoms with Gasteiger partial charge in [0.25, 0.3) is 0 Å². The molecule has 0 fully saturated rings. The molecule has 30 heavy (non-hydrogen) atoms. The molecule has 6 nitrogen and oxygen atoms in total. The number of hydrogen-bond acceptors (Lipinski definition) is 5. The van der Waals surface area contributed by atoms with Crippen LogP contribution in [0, 0.1) is 0 Å². The molecule has 160 valence electrons. The van der Waals surface area contributed by atoms with E-state index in [1.54, 1.807) is 24.8 Å². The lowest BCUT2D eigenvalue weighted by atomic mass is 10.1. The van der Waals surface area contributed by atoms with Crippen molar-refractivity contribution in [2.75, 3.05) is 26.8 Å². The highest BCUT2D eigenvalue weighted by molar-refractivity contribution is 6.32. The molecule has 0 saturated heterocycles. The summed E-state index contributed by atoms with van der Waals surface area (Å²) in [5.41, 5.74) is 2.77. The molecule has 1 unspecified atom stereocenters. The molecule has 0 saturated carbocycles. The lowest BCUT2D eigenvalue weighted by Gasteiger charge is -2.24. The Morgan fingerprint density at radius 1 is 1.13 bits per heavy atom. The first-order valence-electron chi connectivity index (χ1n) is 9.92. The summed E-state index contributed by atoms with van der Waals surface area (Å²) >= 11 is 6.33. The van der Waals surface area contributed by atoms with Gasteiger partial charge in [-0.1, -0.05) is 54.1 Å². The Morgan fingerprint density at radius 2 is 1.83 bits per heavy atom. The van der Waals surface area contributed by atoms with Crippen molar-refractivity contribution in [2.45, 2.75) is 19.6 Å². The van der Waals surface area contributed by atoms with Crippen molar-refractivity contribution < 1.29 is 14.6 Å². The van der Waals surface area contributed by atoms with Crippen LogP contribution >= 0.6 is 11.6 Å². The van der Waals surface area contributed by atoms with Gasteiger partial charge < -0.3 is 14.6 Å². The highest BCUT2D eigenvalue weighted by Crippen LogP contribution is 2.36. The van der Waals surface area contributed by atoms with E-state index < -0.39 is 6.10 Å². The molecule has 0 spiro atoms. The van der Waals surface area contributed by atoms with Crippen LogP contribution in [0.3, 0.4) is 0 Å². The SMILES string of the molecule is COCCN(Cc1c(-c2ccccc2)nn(C)c1Oc1ccccc1Cl)CC(C)O. The van der Waals surface area contributed by atoms with E-state index in [4.69, 9.17) is 26.2 Å². The van der Waals surface area contributed by atoms with Gasteiger partial charge in [0.05, 0.1) is 23.3 Å². The van der Waals surface area contributed by atoms with Crippen molar-refractivity contribution in [1.82, 2.24) is 14.7 Å². The maximum Gasteiger partial charge on any atom is 0.222 e. The number of para-hydroxylation sites is 1. The van der Waals surface area contributed by atoms with Crippen LogP contribution in [0.2, 0.25) is 5.02 Å². The Hall–Kier alpha value is -2.38. The first-order valence-corrected chi connectivity index (χ1v) is 10.3. The number of halogens is 1. The fourth-order valence-corrected chi connectivity index (χ4v) is 3.51. The maximum atomic E-state index is 9.98. The highest BCUT2D eigenvalue weighted by atomic mass is 35.5. The smallest absolute Gasteiger partial charge is 0.222 e. The third-order valence-corrected chi connectivity index (χ3v) is 5.01. The third-order valence-electron chi connectivity index (χ3n) is 4.69. The van der Waals surface area contributed by atoms with Gasteiger partial charge in [0, 0.05) is 39.4 Å². The number of aromatic nitrogens is 2. The Morgan fingerprint density at radius 3 is 2.50 bits per heavy atom. The standard InChI is InChI=1S/C23H28ClN3O3/c1-17(28)15-27(13-14-29-3)16-19-22(18-9-5-4-6-10-18)25-26(2)23(19)30-21-12-8-7-11-20(21)24/h4-12,17,28H,13-16H2,1-3H3. The lowest BCUT2D eigenvalue weighted by Crippen LogP contribution is -2.33. The van der Waals surface area contributed by atoms with E-state index in [2.05, 4.69) is 4.90 Å². The third kappa shape index (κ3) is 5.61. The topological polar surface area (TPSA) is 59.8 Å². The van der Waals surface area contributed by atoms with Gasteiger partial charge in [0.15, 0.2) is 0 Å². The van der Waals surface area contributed by atoms with E-state index in [1.165, 1.54) is 0 Å². The molecule has 0 amide bonds. The number of benzene rings is 2. The Labute approximate surface area is 182 Å². The van der Waals surface area contributed by atoms with Crippen LogP contribution in [0.25, 0.3) is 11.3 Å². The molecular weight excluding hydrogens is 402 g/mol. The Bertz CT molecular complexity index is 944. The molecule has 1 heterocycles. The number of nitrogens with zero attached hydrogens (tertiary/aromatic N) is 3. The van der Waals surface area contributed by atoms with Gasteiger partial charge in [-0.2, -0.15) is 5.10 Å². The minimum Gasteiger partial charge on any atom is -0.437 e. The molecule has 7 heteroatoms. The van der Waals surface area contributed by atoms with Crippen molar-refractivity contribution in [3.8, 4) is 22.9 Å². The molecule has 0 aliphatic carbocycles. The van der Waals surface area contributed by atoms with Crippen molar-refractivity contribution in [3.05, 3.63) is 65.2 Å². The van der Waals surface area contributed by atoms with Gasteiger partial charge in [-0.05, 0) is 19.1 Å². The predicted molar refractivity (Wildman–Crippen MR) is 119 cm³/mol. The second-order valence-corrected chi connectivity index (χ2v) is 7.64. The van der Waals surface area contributed by atoms with Crippen LogP contribution < -0.4 is 4.74 Å². The molecule has 0 aliphatic heterocycles. The second kappa shape index (κ2) is 10.6. The van der Waals surface area contributed by atoms with E-state index >= 15 is 0 Å². The average Bonchev–Trinajstić information content (AvgIpc) is 3.03. The summed E-state index contributed by atoms with van der Waals surface area (Å²) in [6.45, 7) is 4.08. The summed E-state index contributed by atoms with van der Waals surface area (Å²) in [5.74, 6) is 1.19. The molecule has 0 aliphatic rings. The minimum absolute atomic E-state index is 0.466. The monoisotopic (exact) mass is 429 g/mol. The molecule has 1 atom stereocenters. The molecule has 0 bridgehead atoms. The number of aliphatic hydroxyl groups is 1. The number of aliphatic hydroxyl groups excluding tert-OH is 1. The maximum absolute atomic E-state index is 9.98. The van der Waals surface area contributed by atoms with E-state index in [0.717, 1.165) is 16.8 Å². The van der Waals surface area contributed by atoms with Crippen LogP contribution in [-0.4, -0.2) is 52.7 Å². The van der Waals surface area contributed by atoms with Crippen LogP contribution in [0.5, 0.6) is 11.6 Å². The predicted octanol–water partition coefficient (Wildman–Crippen LogP) is 4.36. The fraction of sp³-hybridized carbons (Fsp3) is 0.348. The van der Waals surface area contributed by atoms with Crippen LogP contribution in [-0.2, 0) is 18.3 Å². The summed E-state index contributed by atoms with van der Waals surface area (Å²) in [6, 6.07) is 17.4. The van der Waals surface area contributed by atoms with Crippen molar-refractivity contribution in [2.24, 2.45) is 7.05 Å². The molecule has 1 N–H and O–H groups in total. The van der Waals surface area contributed by atoms with E-state index in [9.17, 15) is 5.11 Å². The molecule has 0 radical (unpaired) electrons. The van der Waals surface area contributed by atoms with Gasteiger partial charge in [-0.25, -0.2) is 4.68 Å². The second-order valence-electron chi connectivity index (χ2n) is 7.23. The first kappa shape index (κ1) is 22.3. The summed E-state index contributed by atoms with van der Waals surface area (Å²) in [5, 5.41) is 15.3. The molecule has 2 aromatic carbocycles.